The van der Waals surface area contributed by atoms with Crippen molar-refractivity contribution in [3.8, 4) is 5.75 Å². The molecule has 152 valence electrons. The van der Waals surface area contributed by atoms with Crippen LogP contribution in [0.15, 0.2) is 70.7 Å². The van der Waals surface area contributed by atoms with Gasteiger partial charge in [0.2, 0.25) is 0 Å². The van der Waals surface area contributed by atoms with Gasteiger partial charge in [0.15, 0.2) is 0 Å². The highest BCUT2D eigenvalue weighted by molar-refractivity contribution is 6.51. The minimum absolute atomic E-state index is 0.0307. The number of benzene rings is 2. The summed E-state index contributed by atoms with van der Waals surface area (Å²) in [6.45, 7) is 1.73. The van der Waals surface area contributed by atoms with E-state index in [1.165, 1.54) is 24.1 Å². The van der Waals surface area contributed by atoms with Crippen molar-refractivity contribution in [2.75, 3.05) is 12.0 Å². The number of amides is 1. The van der Waals surface area contributed by atoms with Crippen molar-refractivity contribution in [1.29, 1.82) is 0 Å². The molecule has 1 unspecified atom stereocenters. The first-order valence-electron chi connectivity index (χ1n) is 9.18. The zero-order valence-corrected chi connectivity index (χ0v) is 16.3. The number of anilines is 1. The van der Waals surface area contributed by atoms with Crippen LogP contribution in [0.2, 0.25) is 0 Å². The lowest BCUT2D eigenvalue weighted by Gasteiger charge is -2.23. The molecule has 30 heavy (non-hydrogen) atoms. The van der Waals surface area contributed by atoms with Crippen LogP contribution in [-0.4, -0.2) is 23.9 Å². The number of hydrogen-bond acceptors (Lipinski definition) is 5. The topological polar surface area (TPSA) is 80.0 Å². The number of Topliss-reactive ketones (excluding diaryl/α,β-unsaturated/α-hetero) is 1. The lowest BCUT2D eigenvalue weighted by atomic mass is 9.98. The van der Waals surface area contributed by atoms with E-state index < -0.39 is 29.3 Å². The molecule has 0 radical (unpaired) electrons. The average Bonchev–Trinajstić information content (AvgIpc) is 3.29. The van der Waals surface area contributed by atoms with Gasteiger partial charge in [0.1, 0.15) is 34.9 Å². The molecule has 2 heterocycles. The maximum absolute atomic E-state index is 13.9. The summed E-state index contributed by atoms with van der Waals surface area (Å²) in [5.74, 6) is -1.85. The summed E-state index contributed by atoms with van der Waals surface area (Å²) in [7, 11) is 1.36. The van der Waals surface area contributed by atoms with Crippen LogP contribution in [0.25, 0.3) is 5.76 Å². The van der Waals surface area contributed by atoms with Gasteiger partial charge >= 0.3 is 0 Å². The number of furan rings is 1. The monoisotopic (exact) mass is 407 g/mol. The molecule has 0 saturated carbocycles. The Morgan fingerprint density at radius 3 is 2.47 bits per heavy atom. The fourth-order valence-electron chi connectivity index (χ4n) is 3.57. The molecule has 1 aromatic heterocycles. The second-order valence-corrected chi connectivity index (χ2v) is 6.80. The number of para-hydroxylation sites is 1. The highest BCUT2D eigenvalue weighted by Gasteiger charge is 2.48. The quantitative estimate of drug-likeness (QED) is 0.395. The van der Waals surface area contributed by atoms with Gasteiger partial charge in [-0.3, -0.25) is 14.5 Å². The molecule has 1 aliphatic heterocycles. The second kappa shape index (κ2) is 7.51. The van der Waals surface area contributed by atoms with Crippen molar-refractivity contribution < 1.29 is 28.2 Å². The summed E-state index contributed by atoms with van der Waals surface area (Å²) in [6, 6.07) is 14.5. The maximum Gasteiger partial charge on any atom is 0.300 e. The largest absolute Gasteiger partial charge is 0.507 e. The maximum atomic E-state index is 13.9. The zero-order valence-electron chi connectivity index (χ0n) is 16.3. The number of aliphatic hydroxyl groups excluding tert-OH is 1. The highest BCUT2D eigenvalue weighted by Crippen LogP contribution is 2.43. The third-order valence-electron chi connectivity index (χ3n) is 4.93. The fraction of sp³-hybridized carbons (Fsp3) is 0.130. The van der Waals surface area contributed by atoms with Crippen molar-refractivity contribution in [1.82, 2.24) is 0 Å². The van der Waals surface area contributed by atoms with Crippen molar-refractivity contribution in [2.24, 2.45) is 0 Å². The summed E-state index contributed by atoms with van der Waals surface area (Å²) in [5.41, 5.74) is 0.225. The predicted molar refractivity (Wildman–Crippen MR) is 108 cm³/mol. The van der Waals surface area contributed by atoms with Gasteiger partial charge in [-0.25, -0.2) is 4.39 Å². The van der Waals surface area contributed by atoms with E-state index in [1.54, 1.807) is 49.4 Å². The molecule has 7 heteroatoms. The van der Waals surface area contributed by atoms with Gasteiger partial charge in [0.05, 0.1) is 18.2 Å². The number of aliphatic hydroxyl groups is 1. The number of carbonyl (C=O) groups is 2. The first-order chi connectivity index (χ1) is 14.4. The Hall–Kier alpha value is -3.87. The van der Waals surface area contributed by atoms with Gasteiger partial charge in [0.25, 0.3) is 11.7 Å². The lowest BCUT2D eigenvalue weighted by Crippen LogP contribution is -2.29. The van der Waals surface area contributed by atoms with Crippen molar-refractivity contribution in [3.05, 3.63) is 89.1 Å². The van der Waals surface area contributed by atoms with Crippen LogP contribution in [0, 0.1) is 12.7 Å². The normalized spacial score (nSPS) is 18.1. The summed E-state index contributed by atoms with van der Waals surface area (Å²) < 4.78 is 24.8. The summed E-state index contributed by atoms with van der Waals surface area (Å²) >= 11 is 0. The summed E-state index contributed by atoms with van der Waals surface area (Å²) in [6.07, 6.45) is 0. The molecule has 1 N–H and O–H groups in total. The summed E-state index contributed by atoms with van der Waals surface area (Å²) in [5, 5.41) is 11.0. The number of ether oxygens (including phenoxy) is 1. The second-order valence-electron chi connectivity index (χ2n) is 6.80. The minimum Gasteiger partial charge on any atom is -0.507 e. The van der Waals surface area contributed by atoms with Crippen LogP contribution < -0.4 is 9.64 Å². The summed E-state index contributed by atoms with van der Waals surface area (Å²) in [4.78, 5) is 27.2. The van der Waals surface area contributed by atoms with Crippen LogP contribution in [0.3, 0.4) is 0 Å². The van der Waals surface area contributed by atoms with Crippen LogP contribution in [0.4, 0.5) is 10.1 Å². The standard InChI is InChI=1S/C23H18FNO5/c1-13-8-10-18(30-13)20-19(21(26)16-12-14(24)9-11-17(16)29-2)22(27)23(28)25(20)15-6-4-3-5-7-15/h3-12,20,26H,1-2H3/b21-19+. The zero-order chi connectivity index (χ0) is 21.4. The minimum atomic E-state index is -1.02. The van der Waals surface area contributed by atoms with Crippen LogP contribution in [0.1, 0.15) is 23.1 Å². The molecule has 1 fully saturated rings. The Balaban J connectivity index is 1.98. The van der Waals surface area contributed by atoms with Gasteiger partial charge in [0, 0.05) is 5.69 Å². The smallest absolute Gasteiger partial charge is 0.300 e. The van der Waals surface area contributed by atoms with Crippen LogP contribution >= 0.6 is 0 Å². The van der Waals surface area contributed by atoms with E-state index in [0.717, 1.165) is 6.07 Å². The molecule has 1 aliphatic rings. The molecular formula is C23H18FNO5. The number of ketones is 1. The Labute approximate surface area is 171 Å². The van der Waals surface area contributed by atoms with Crippen molar-refractivity contribution in [3.63, 3.8) is 0 Å². The van der Waals surface area contributed by atoms with Crippen LogP contribution in [-0.2, 0) is 9.59 Å². The van der Waals surface area contributed by atoms with E-state index in [0.29, 0.717) is 17.2 Å². The molecule has 0 spiro atoms. The number of rotatable bonds is 4. The lowest BCUT2D eigenvalue weighted by molar-refractivity contribution is -0.132. The fourth-order valence-corrected chi connectivity index (χ4v) is 3.57. The van der Waals surface area contributed by atoms with Gasteiger partial charge in [-0.2, -0.15) is 0 Å². The Morgan fingerprint density at radius 2 is 1.83 bits per heavy atom. The molecule has 1 amide bonds. The molecule has 1 saturated heterocycles. The van der Waals surface area contributed by atoms with E-state index in [9.17, 15) is 19.1 Å². The molecule has 2 aromatic carbocycles. The van der Waals surface area contributed by atoms with E-state index >= 15 is 0 Å². The third kappa shape index (κ3) is 3.14. The molecule has 3 aromatic rings. The van der Waals surface area contributed by atoms with E-state index in [4.69, 9.17) is 9.15 Å². The van der Waals surface area contributed by atoms with Gasteiger partial charge in [-0.05, 0) is 49.4 Å². The van der Waals surface area contributed by atoms with E-state index in [1.807, 2.05) is 0 Å². The molecule has 1 atom stereocenters. The molecule has 0 bridgehead atoms. The number of hydrogen-bond donors (Lipinski definition) is 1. The molecular weight excluding hydrogens is 389 g/mol. The van der Waals surface area contributed by atoms with Crippen molar-refractivity contribution in [2.45, 2.75) is 13.0 Å². The number of carbonyl (C=O) groups excluding carboxylic acids is 2. The van der Waals surface area contributed by atoms with Gasteiger partial charge in [-0.15, -0.1) is 0 Å². The number of aryl methyl sites for hydroxylation is 1. The number of methoxy groups -OCH3 is 1. The van der Waals surface area contributed by atoms with E-state index in [2.05, 4.69) is 0 Å². The Morgan fingerprint density at radius 1 is 1.10 bits per heavy atom. The third-order valence-corrected chi connectivity index (χ3v) is 4.93. The first-order valence-corrected chi connectivity index (χ1v) is 9.18. The number of nitrogens with zero attached hydrogens (tertiary/aromatic N) is 1. The SMILES string of the molecule is COc1ccc(F)cc1/C(O)=C1\C(=O)C(=O)N(c2ccccc2)C1c1ccc(C)o1. The number of halogens is 1. The average molecular weight is 407 g/mol. The highest BCUT2D eigenvalue weighted by atomic mass is 19.1. The molecule has 6 nitrogen and oxygen atoms in total. The Kier molecular flexibility index (Phi) is 4.87. The van der Waals surface area contributed by atoms with Crippen LogP contribution in [0.5, 0.6) is 5.75 Å². The Bertz CT molecular complexity index is 1170. The van der Waals surface area contributed by atoms with Gasteiger partial charge < -0.3 is 14.3 Å². The van der Waals surface area contributed by atoms with Crippen molar-refractivity contribution >= 4 is 23.1 Å². The first kappa shape index (κ1) is 19.4. The molecule has 4 rings (SSSR count). The van der Waals surface area contributed by atoms with Gasteiger partial charge in [-0.1, -0.05) is 18.2 Å². The molecule has 0 aliphatic carbocycles. The predicted octanol–water partition coefficient (Wildman–Crippen LogP) is 4.36. The van der Waals surface area contributed by atoms with E-state index in [-0.39, 0.29) is 16.9 Å².